The van der Waals surface area contributed by atoms with Crippen LogP contribution in [0.1, 0.15) is 19.4 Å². The zero-order chi connectivity index (χ0) is 14.8. The summed E-state index contributed by atoms with van der Waals surface area (Å²) >= 11 is 5.83. The van der Waals surface area contributed by atoms with Crippen LogP contribution in [0.2, 0.25) is 5.02 Å². The number of benzene rings is 1. The van der Waals surface area contributed by atoms with E-state index in [1.807, 2.05) is 0 Å². The summed E-state index contributed by atoms with van der Waals surface area (Å²) in [6, 6.07) is 4.15. The first-order chi connectivity index (χ1) is 8.56. The van der Waals surface area contributed by atoms with E-state index in [4.69, 9.17) is 21.5 Å². The molecule has 1 rings (SSSR count). The number of sulfonamides is 1. The molecule has 1 aromatic carbocycles. The van der Waals surface area contributed by atoms with E-state index < -0.39 is 21.6 Å². The molecule has 19 heavy (non-hydrogen) atoms. The van der Waals surface area contributed by atoms with Crippen molar-refractivity contribution >= 4 is 27.6 Å². The van der Waals surface area contributed by atoms with Crippen LogP contribution in [0, 0.1) is 6.92 Å². The summed E-state index contributed by atoms with van der Waals surface area (Å²) in [6.07, 6.45) is 0. The third-order valence-electron chi connectivity index (χ3n) is 2.38. The van der Waals surface area contributed by atoms with Crippen molar-refractivity contribution in [1.29, 1.82) is 0 Å². The number of nitrogens with one attached hydrogen (secondary N) is 1. The summed E-state index contributed by atoms with van der Waals surface area (Å²) in [7, 11) is -3.99. The minimum Gasteiger partial charge on any atom is -0.479 e. The van der Waals surface area contributed by atoms with Gasteiger partial charge in [-0.25, -0.2) is 13.2 Å². The van der Waals surface area contributed by atoms with E-state index in [0.717, 1.165) is 5.56 Å². The van der Waals surface area contributed by atoms with Gasteiger partial charge < -0.3 is 5.11 Å². The fraction of sp³-hybridized carbons (Fsp3) is 0.364. The molecule has 0 radical (unpaired) electrons. The molecule has 0 amide bonds. The number of aryl methyl sites for hydroxylation is 1. The zero-order valence-electron chi connectivity index (χ0n) is 10.6. The molecule has 0 heterocycles. The Kier molecular flexibility index (Phi) is 4.57. The lowest BCUT2D eigenvalue weighted by Crippen LogP contribution is -2.41. The Morgan fingerprint density at radius 2 is 2.00 bits per heavy atom. The molecule has 2 N–H and O–H groups in total. The predicted molar refractivity (Wildman–Crippen MR) is 69.3 cm³/mol. The third kappa shape index (κ3) is 3.90. The summed E-state index contributed by atoms with van der Waals surface area (Å²) in [5.41, 5.74) is -0.950. The molecule has 0 saturated carbocycles. The summed E-state index contributed by atoms with van der Waals surface area (Å²) in [5, 5.41) is 9.10. The Hall–Kier alpha value is -1.15. The van der Waals surface area contributed by atoms with Crippen molar-refractivity contribution in [2.45, 2.75) is 31.3 Å². The smallest absolute Gasteiger partial charge is 0.337 e. The van der Waals surface area contributed by atoms with Gasteiger partial charge in [-0.15, -0.1) is 0 Å². The van der Waals surface area contributed by atoms with Crippen molar-refractivity contribution in [3.05, 3.63) is 28.8 Å². The Morgan fingerprint density at radius 1 is 1.42 bits per heavy atom. The van der Waals surface area contributed by atoms with Gasteiger partial charge in [-0.1, -0.05) is 22.6 Å². The van der Waals surface area contributed by atoms with Gasteiger partial charge in [0, 0.05) is 5.02 Å². The number of aliphatic carboxylic acids is 1. The average molecular weight is 308 g/mol. The van der Waals surface area contributed by atoms with Crippen LogP contribution >= 0.6 is 11.6 Å². The first-order valence-electron chi connectivity index (χ1n) is 5.25. The second kappa shape index (κ2) is 5.46. The van der Waals surface area contributed by atoms with Crippen molar-refractivity contribution in [1.82, 2.24) is 4.89 Å². The summed E-state index contributed by atoms with van der Waals surface area (Å²) in [6.45, 7) is 4.18. The first-order valence-corrected chi connectivity index (χ1v) is 7.12. The van der Waals surface area contributed by atoms with E-state index in [1.165, 1.54) is 26.0 Å². The molecule has 0 aliphatic rings. The molecule has 0 aromatic heterocycles. The lowest BCUT2D eigenvalue weighted by atomic mass is 10.1. The third-order valence-corrected chi connectivity index (χ3v) is 3.96. The molecule has 0 fully saturated rings. The van der Waals surface area contributed by atoms with E-state index >= 15 is 0 Å². The number of halogens is 1. The standard InChI is InChI=1S/C11H14ClNO5S/c1-7-4-5-8(6-9(7)12)19(16,17)13-18-11(2,3)10(14)15/h4-6,13H,1-3H3,(H,14,15). The summed E-state index contributed by atoms with van der Waals surface area (Å²) in [5.74, 6) is -1.29. The maximum absolute atomic E-state index is 11.9. The Morgan fingerprint density at radius 3 is 2.47 bits per heavy atom. The van der Waals surface area contributed by atoms with E-state index in [1.54, 1.807) is 17.9 Å². The maximum atomic E-state index is 11.9. The largest absolute Gasteiger partial charge is 0.479 e. The van der Waals surface area contributed by atoms with E-state index in [0.29, 0.717) is 5.02 Å². The molecule has 106 valence electrons. The topological polar surface area (TPSA) is 92.7 Å². The number of carboxylic acids is 1. The van der Waals surface area contributed by atoms with Crippen LogP contribution in [0.3, 0.4) is 0 Å². The monoisotopic (exact) mass is 307 g/mol. The van der Waals surface area contributed by atoms with Gasteiger partial charge in [0.25, 0.3) is 10.0 Å². The lowest BCUT2D eigenvalue weighted by molar-refractivity contribution is -0.165. The lowest BCUT2D eigenvalue weighted by Gasteiger charge is -2.19. The van der Waals surface area contributed by atoms with Crippen molar-refractivity contribution in [3.8, 4) is 0 Å². The molecule has 0 unspecified atom stereocenters. The van der Waals surface area contributed by atoms with Gasteiger partial charge in [0.15, 0.2) is 5.60 Å². The SMILES string of the molecule is Cc1ccc(S(=O)(=O)NOC(C)(C)C(=O)O)cc1Cl. The average Bonchev–Trinajstić information content (AvgIpc) is 2.30. The fourth-order valence-corrected chi connectivity index (χ4v) is 2.17. The molecule has 6 nitrogen and oxygen atoms in total. The van der Waals surface area contributed by atoms with Crippen LogP contribution < -0.4 is 4.89 Å². The van der Waals surface area contributed by atoms with Crippen molar-refractivity contribution in [2.24, 2.45) is 0 Å². The molecular weight excluding hydrogens is 294 g/mol. The quantitative estimate of drug-likeness (QED) is 0.808. The van der Waals surface area contributed by atoms with Crippen LogP contribution in [0.15, 0.2) is 23.1 Å². The Labute approximate surface area is 116 Å². The van der Waals surface area contributed by atoms with Gasteiger partial charge in [-0.3, -0.25) is 4.84 Å². The Balaban J connectivity index is 2.93. The van der Waals surface area contributed by atoms with Gasteiger partial charge in [-0.2, -0.15) is 0 Å². The minimum absolute atomic E-state index is 0.107. The molecule has 8 heteroatoms. The van der Waals surface area contributed by atoms with Crippen LogP contribution in [0.5, 0.6) is 0 Å². The molecule has 0 spiro atoms. The van der Waals surface area contributed by atoms with Gasteiger partial charge in [0.1, 0.15) is 0 Å². The van der Waals surface area contributed by atoms with Crippen LogP contribution in [-0.4, -0.2) is 25.1 Å². The Bertz CT molecular complexity index is 597. The second-order valence-corrected chi connectivity index (χ2v) is 6.47. The predicted octanol–water partition coefficient (Wildman–Crippen LogP) is 1.72. The van der Waals surface area contributed by atoms with Crippen molar-refractivity contribution < 1.29 is 23.2 Å². The number of carboxylic acid groups (broad SMARTS) is 1. The number of rotatable bonds is 5. The normalized spacial score (nSPS) is 12.4. The van der Waals surface area contributed by atoms with E-state index in [9.17, 15) is 13.2 Å². The molecule has 0 atom stereocenters. The van der Waals surface area contributed by atoms with Crippen molar-refractivity contribution in [3.63, 3.8) is 0 Å². The molecule has 1 aromatic rings. The van der Waals surface area contributed by atoms with Gasteiger partial charge in [-0.05, 0) is 38.5 Å². The summed E-state index contributed by atoms with van der Waals surface area (Å²) in [4.78, 5) is 17.2. The van der Waals surface area contributed by atoms with Crippen LogP contribution in [-0.2, 0) is 19.7 Å². The first kappa shape index (κ1) is 15.9. The van der Waals surface area contributed by atoms with Crippen LogP contribution in [0.25, 0.3) is 0 Å². The maximum Gasteiger partial charge on any atom is 0.337 e. The highest BCUT2D eigenvalue weighted by atomic mass is 35.5. The van der Waals surface area contributed by atoms with Gasteiger partial charge in [0.2, 0.25) is 0 Å². The van der Waals surface area contributed by atoms with Gasteiger partial charge >= 0.3 is 5.97 Å². The highest BCUT2D eigenvalue weighted by Gasteiger charge is 2.31. The van der Waals surface area contributed by atoms with E-state index in [2.05, 4.69) is 0 Å². The number of hydrogen-bond donors (Lipinski definition) is 2. The molecule has 0 bridgehead atoms. The summed E-state index contributed by atoms with van der Waals surface area (Å²) < 4.78 is 23.8. The molecule has 0 aliphatic carbocycles. The minimum atomic E-state index is -3.99. The fourth-order valence-electron chi connectivity index (χ4n) is 0.992. The highest BCUT2D eigenvalue weighted by molar-refractivity contribution is 7.89. The van der Waals surface area contributed by atoms with Crippen LogP contribution in [0.4, 0.5) is 0 Å². The second-order valence-electron chi connectivity index (χ2n) is 4.42. The molecular formula is C11H14ClNO5S. The molecule has 0 aliphatic heterocycles. The van der Waals surface area contributed by atoms with Gasteiger partial charge in [0.05, 0.1) is 4.90 Å². The number of hydrogen-bond acceptors (Lipinski definition) is 4. The number of carbonyl (C=O) groups is 1. The highest BCUT2D eigenvalue weighted by Crippen LogP contribution is 2.20. The zero-order valence-corrected chi connectivity index (χ0v) is 12.2. The van der Waals surface area contributed by atoms with Crippen molar-refractivity contribution in [2.75, 3.05) is 0 Å². The molecule has 0 saturated heterocycles. The van der Waals surface area contributed by atoms with E-state index in [-0.39, 0.29) is 4.90 Å².